The summed E-state index contributed by atoms with van der Waals surface area (Å²) < 4.78 is 10.7. The molecule has 3 rings (SSSR count). The third-order valence-electron chi connectivity index (χ3n) is 4.66. The van der Waals surface area contributed by atoms with Gasteiger partial charge in [0.05, 0.1) is 19.9 Å². The fourth-order valence-electron chi connectivity index (χ4n) is 3.00. The van der Waals surface area contributed by atoms with Gasteiger partial charge in [-0.2, -0.15) is 4.98 Å². The first-order chi connectivity index (χ1) is 14.1. The Bertz CT molecular complexity index is 931. The van der Waals surface area contributed by atoms with Crippen molar-refractivity contribution in [3.05, 3.63) is 54.6 Å². The van der Waals surface area contributed by atoms with Gasteiger partial charge in [0.25, 0.3) is 0 Å². The van der Waals surface area contributed by atoms with Gasteiger partial charge in [-0.15, -0.1) is 0 Å². The molecule has 0 unspecified atom stereocenters. The minimum absolute atomic E-state index is 0.539. The molecule has 0 saturated carbocycles. The highest BCUT2D eigenvalue weighted by atomic mass is 16.5. The summed E-state index contributed by atoms with van der Waals surface area (Å²) >= 11 is 0. The standard InChI is InChI=1S/C23H28N4O2/c1-5-6-14-27(2)22-16-19(17-10-8-7-9-11-17)25-23(26-22)24-18-12-13-20(28-3)21(15-18)29-4/h7-13,15-16H,5-6,14H2,1-4H3,(H,24,25,26). The van der Waals surface area contributed by atoms with E-state index in [2.05, 4.69) is 36.3 Å². The second-order valence-corrected chi connectivity index (χ2v) is 6.77. The topological polar surface area (TPSA) is 59.5 Å². The van der Waals surface area contributed by atoms with Crippen LogP contribution in [0.25, 0.3) is 11.3 Å². The molecule has 1 N–H and O–H groups in total. The molecule has 0 amide bonds. The summed E-state index contributed by atoms with van der Waals surface area (Å²) in [7, 11) is 5.30. The van der Waals surface area contributed by atoms with Crippen LogP contribution in [-0.2, 0) is 0 Å². The average molecular weight is 393 g/mol. The minimum atomic E-state index is 0.539. The summed E-state index contributed by atoms with van der Waals surface area (Å²) in [4.78, 5) is 11.6. The molecule has 29 heavy (non-hydrogen) atoms. The molecule has 6 nitrogen and oxygen atoms in total. The van der Waals surface area contributed by atoms with Crippen molar-refractivity contribution in [2.24, 2.45) is 0 Å². The molecule has 0 spiro atoms. The minimum Gasteiger partial charge on any atom is -0.493 e. The predicted octanol–water partition coefficient (Wildman–Crippen LogP) is 5.14. The number of hydrogen-bond donors (Lipinski definition) is 1. The first kappa shape index (κ1) is 20.5. The van der Waals surface area contributed by atoms with Crippen molar-refractivity contribution in [3.8, 4) is 22.8 Å². The van der Waals surface area contributed by atoms with Crippen LogP contribution in [-0.4, -0.2) is 37.8 Å². The Hall–Kier alpha value is -3.28. The van der Waals surface area contributed by atoms with Gasteiger partial charge in [0, 0.05) is 37.0 Å². The van der Waals surface area contributed by atoms with Gasteiger partial charge in [-0.05, 0) is 18.6 Å². The summed E-state index contributed by atoms with van der Waals surface area (Å²) in [6.07, 6.45) is 2.25. The first-order valence-corrected chi connectivity index (χ1v) is 9.79. The molecule has 0 aliphatic heterocycles. The number of methoxy groups -OCH3 is 2. The molecule has 0 bridgehead atoms. The van der Waals surface area contributed by atoms with Gasteiger partial charge in [0.2, 0.25) is 5.95 Å². The van der Waals surface area contributed by atoms with E-state index in [1.54, 1.807) is 14.2 Å². The third-order valence-corrected chi connectivity index (χ3v) is 4.66. The number of anilines is 3. The van der Waals surface area contributed by atoms with E-state index in [0.29, 0.717) is 17.4 Å². The molecule has 0 aliphatic rings. The van der Waals surface area contributed by atoms with Crippen LogP contribution in [0.15, 0.2) is 54.6 Å². The zero-order chi connectivity index (χ0) is 20.6. The second kappa shape index (κ2) is 9.78. The van der Waals surface area contributed by atoms with Crippen molar-refractivity contribution < 1.29 is 9.47 Å². The molecule has 0 aliphatic carbocycles. The maximum atomic E-state index is 5.40. The lowest BCUT2D eigenvalue weighted by Gasteiger charge is -2.20. The Labute approximate surface area is 172 Å². The van der Waals surface area contributed by atoms with Crippen LogP contribution in [0.1, 0.15) is 19.8 Å². The Morgan fingerprint density at radius 3 is 2.38 bits per heavy atom. The van der Waals surface area contributed by atoms with Crippen LogP contribution in [0.3, 0.4) is 0 Å². The van der Waals surface area contributed by atoms with E-state index in [0.717, 1.165) is 42.1 Å². The number of nitrogens with zero attached hydrogens (tertiary/aromatic N) is 3. The third kappa shape index (κ3) is 5.16. The number of aromatic nitrogens is 2. The monoisotopic (exact) mass is 392 g/mol. The second-order valence-electron chi connectivity index (χ2n) is 6.77. The molecule has 0 saturated heterocycles. The molecule has 3 aromatic rings. The van der Waals surface area contributed by atoms with Crippen molar-refractivity contribution in [2.45, 2.75) is 19.8 Å². The molecule has 0 fully saturated rings. The molecule has 0 radical (unpaired) electrons. The Morgan fingerprint density at radius 1 is 0.931 bits per heavy atom. The first-order valence-electron chi connectivity index (χ1n) is 9.79. The summed E-state index contributed by atoms with van der Waals surface area (Å²) in [6, 6.07) is 17.8. The lowest BCUT2D eigenvalue weighted by Crippen LogP contribution is -2.20. The van der Waals surface area contributed by atoms with Crippen molar-refractivity contribution >= 4 is 17.5 Å². The van der Waals surface area contributed by atoms with Gasteiger partial charge in [0.15, 0.2) is 11.5 Å². The number of benzene rings is 2. The van der Waals surface area contributed by atoms with Crippen LogP contribution in [0.2, 0.25) is 0 Å². The van der Waals surface area contributed by atoms with Crippen LogP contribution < -0.4 is 19.7 Å². The highest BCUT2D eigenvalue weighted by molar-refractivity contribution is 5.67. The average Bonchev–Trinajstić information content (AvgIpc) is 2.77. The van der Waals surface area contributed by atoms with Crippen LogP contribution in [0.4, 0.5) is 17.5 Å². The zero-order valence-corrected chi connectivity index (χ0v) is 17.5. The van der Waals surface area contributed by atoms with Gasteiger partial charge in [-0.25, -0.2) is 4.98 Å². The largest absolute Gasteiger partial charge is 0.493 e. The Morgan fingerprint density at radius 2 is 1.69 bits per heavy atom. The molecule has 152 valence electrons. The van der Waals surface area contributed by atoms with Gasteiger partial charge in [0.1, 0.15) is 5.82 Å². The fourth-order valence-corrected chi connectivity index (χ4v) is 3.00. The highest BCUT2D eigenvalue weighted by Gasteiger charge is 2.11. The quantitative estimate of drug-likeness (QED) is 0.544. The SMILES string of the molecule is CCCCN(C)c1cc(-c2ccccc2)nc(Nc2ccc(OC)c(OC)c2)n1. The van der Waals surface area contributed by atoms with E-state index >= 15 is 0 Å². The van der Waals surface area contributed by atoms with Gasteiger partial charge in [-0.3, -0.25) is 0 Å². The zero-order valence-electron chi connectivity index (χ0n) is 17.5. The summed E-state index contributed by atoms with van der Waals surface area (Å²) in [5, 5.41) is 3.31. The number of nitrogens with one attached hydrogen (secondary N) is 1. The lowest BCUT2D eigenvalue weighted by atomic mass is 10.1. The molecular weight excluding hydrogens is 364 g/mol. The smallest absolute Gasteiger partial charge is 0.229 e. The molecule has 2 aromatic carbocycles. The van der Waals surface area contributed by atoms with E-state index in [-0.39, 0.29) is 0 Å². The predicted molar refractivity (Wildman–Crippen MR) is 118 cm³/mol. The van der Waals surface area contributed by atoms with Gasteiger partial charge < -0.3 is 19.7 Å². The lowest BCUT2D eigenvalue weighted by molar-refractivity contribution is 0.355. The summed E-state index contributed by atoms with van der Waals surface area (Å²) in [5.41, 5.74) is 2.76. The van der Waals surface area contributed by atoms with Gasteiger partial charge in [-0.1, -0.05) is 43.7 Å². The fraction of sp³-hybridized carbons (Fsp3) is 0.304. The van der Waals surface area contributed by atoms with E-state index in [4.69, 9.17) is 19.4 Å². The Balaban J connectivity index is 1.96. The van der Waals surface area contributed by atoms with Crippen molar-refractivity contribution in [2.75, 3.05) is 38.0 Å². The van der Waals surface area contributed by atoms with Crippen molar-refractivity contribution in [3.63, 3.8) is 0 Å². The molecule has 0 atom stereocenters. The number of hydrogen-bond acceptors (Lipinski definition) is 6. The molecule has 1 aromatic heterocycles. The van der Waals surface area contributed by atoms with Crippen LogP contribution in [0, 0.1) is 0 Å². The Kier molecular flexibility index (Phi) is 6.89. The van der Waals surface area contributed by atoms with Crippen LogP contribution in [0.5, 0.6) is 11.5 Å². The van der Waals surface area contributed by atoms with Crippen molar-refractivity contribution in [1.29, 1.82) is 0 Å². The van der Waals surface area contributed by atoms with E-state index in [9.17, 15) is 0 Å². The maximum absolute atomic E-state index is 5.40. The normalized spacial score (nSPS) is 10.5. The maximum Gasteiger partial charge on any atom is 0.229 e. The number of rotatable bonds is 9. The number of unbranched alkanes of at least 4 members (excludes halogenated alkanes) is 1. The van der Waals surface area contributed by atoms with Crippen molar-refractivity contribution in [1.82, 2.24) is 9.97 Å². The van der Waals surface area contributed by atoms with E-state index < -0.39 is 0 Å². The van der Waals surface area contributed by atoms with E-state index in [1.807, 2.05) is 42.5 Å². The van der Waals surface area contributed by atoms with E-state index in [1.165, 1.54) is 0 Å². The molecule has 6 heteroatoms. The molecular formula is C23H28N4O2. The van der Waals surface area contributed by atoms with Gasteiger partial charge >= 0.3 is 0 Å². The molecule has 1 heterocycles. The van der Waals surface area contributed by atoms with Crippen LogP contribution >= 0.6 is 0 Å². The number of ether oxygens (including phenoxy) is 2. The highest BCUT2D eigenvalue weighted by Crippen LogP contribution is 2.31. The summed E-state index contributed by atoms with van der Waals surface area (Å²) in [6.45, 7) is 3.13. The summed E-state index contributed by atoms with van der Waals surface area (Å²) in [5.74, 6) is 2.75.